The molecule has 2 unspecified atom stereocenters. The van der Waals surface area contributed by atoms with Crippen molar-refractivity contribution in [2.45, 2.75) is 19.1 Å². The van der Waals surface area contributed by atoms with E-state index in [0.29, 0.717) is 11.3 Å². The van der Waals surface area contributed by atoms with Crippen molar-refractivity contribution in [3.63, 3.8) is 0 Å². The van der Waals surface area contributed by atoms with Gasteiger partial charge in [0.2, 0.25) is 0 Å². The van der Waals surface area contributed by atoms with Crippen LogP contribution in [0.1, 0.15) is 28.3 Å². The van der Waals surface area contributed by atoms with Crippen molar-refractivity contribution in [1.82, 2.24) is 0 Å². The molecule has 1 amide bonds. The lowest BCUT2D eigenvalue weighted by atomic mass is 10.1. The van der Waals surface area contributed by atoms with E-state index in [-0.39, 0.29) is 12.1 Å². The van der Waals surface area contributed by atoms with Crippen LogP contribution in [-0.4, -0.2) is 11.9 Å². The molecule has 0 fully saturated rings. The third kappa shape index (κ3) is 3.13. The molecule has 0 bridgehead atoms. The lowest BCUT2D eigenvalue weighted by Crippen LogP contribution is -2.29. The van der Waals surface area contributed by atoms with Crippen LogP contribution in [0.4, 0.5) is 0 Å². The summed E-state index contributed by atoms with van der Waals surface area (Å²) in [6, 6.07) is 10.6. The third-order valence-electron chi connectivity index (χ3n) is 2.71. The Labute approximate surface area is 116 Å². The summed E-state index contributed by atoms with van der Waals surface area (Å²) in [5.41, 5.74) is 11.7. The summed E-state index contributed by atoms with van der Waals surface area (Å²) in [7, 11) is 0. The standard InChI is InChI=1S/C14H16N2O2S/c1-9(15)13(12-7-4-8-19-12)18-11-6-3-2-5-10(11)14(16)17/h2-9,13H,15H2,1H3,(H2,16,17). The largest absolute Gasteiger partial charge is 0.482 e. The van der Waals surface area contributed by atoms with E-state index in [1.54, 1.807) is 35.6 Å². The van der Waals surface area contributed by atoms with Gasteiger partial charge in [0.15, 0.2) is 0 Å². The fourth-order valence-electron chi connectivity index (χ4n) is 1.79. The molecule has 1 aromatic heterocycles. The van der Waals surface area contributed by atoms with Gasteiger partial charge in [0.1, 0.15) is 11.9 Å². The van der Waals surface area contributed by atoms with Crippen molar-refractivity contribution in [3.8, 4) is 5.75 Å². The van der Waals surface area contributed by atoms with Crippen LogP contribution in [0.2, 0.25) is 0 Å². The number of rotatable bonds is 5. The van der Waals surface area contributed by atoms with Gasteiger partial charge in [0, 0.05) is 10.9 Å². The second-order valence-corrected chi connectivity index (χ2v) is 5.25. The van der Waals surface area contributed by atoms with Crippen LogP contribution in [0.15, 0.2) is 41.8 Å². The number of thiophene rings is 1. The average Bonchev–Trinajstić information content (AvgIpc) is 2.89. The van der Waals surface area contributed by atoms with E-state index >= 15 is 0 Å². The number of primary amides is 1. The summed E-state index contributed by atoms with van der Waals surface area (Å²) in [6.07, 6.45) is -0.291. The SMILES string of the molecule is CC(N)C(Oc1ccccc1C(N)=O)c1cccs1. The van der Waals surface area contributed by atoms with Crippen LogP contribution in [0.5, 0.6) is 5.75 Å². The second-order valence-electron chi connectivity index (χ2n) is 4.27. The number of hydrogen-bond donors (Lipinski definition) is 2. The summed E-state index contributed by atoms with van der Waals surface area (Å²) in [4.78, 5) is 12.4. The van der Waals surface area contributed by atoms with E-state index in [4.69, 9.17) is 16.2 Å². The number of nitrogens with two attached hydrogens (primary N) is 2. The quantitative estimate of drug-likeness (QED) is 0.879. The van der Waals surface area contributed by atoms with Crippen LogP contribution in [0.25, 0.3) is 0 Å². The number of hydrogen-bond acceptors (Lipinski definition) is 4. The van der Waals surface area contributed by atoms with Gasteiger partial charge in [0.05, 0.1) is 5.56 Å². The van der Waals surface area contributed by atoms with Crippen molar-refractivity contribution in [2.75, 3.05) is 0 Å². The van der Waals surface area contributed by atoms with Gasteiger partial charge < -0.3 is 16.2 Å². The maximum Gasteiger partial charge on any atom is 0.252 e. The van der Waals surface area contributed by atoms with E-state index in [1.165, 1.54) is 0 Å². The number of ether oxygens (including phenoxy) is 1. The van der Waals surface area contributed by atoms with Crippen LogP contribution < -0.4 is 16.2 Å². The number of carbonyl (C=O) groups is 1. The first-order valence-electron chi connectivity index (χ1n) is 5.94. The Kier molecular flexibility index (Phi) is 4.19. The molecule has 1 aromatic carbocycles. The number of carbonyl (C=O) groups excluding carboxylic acids is 1. The highest BCUT2D eigenvalue weighted by atomic mass is 32.1. The van der Waals surface area contributed by atoms with Crippen LogP contribution in [-0.2, 0) is 0 Å². The van der Waals surface area contributed by atoms with Gasteiger partial charge in [-0.1, -0.05) is 18.2 Å². The first-order valence-corrected chi connectivity index (χ1v) is 6.82. The Hall–Kier alpha value is -1.85. The van der Waals surface area contributed by atoms with Gasteiger partial charge in [0.25, 0.3) is 5.91 Å². The summed E-state index contributed by atoms with van der Waals surface area (Å²) in [5.74, 6) is -0.0455. The minimum Gasteiger partial charge on any atom is -0.482 e. The summed E-state index contributed by atoms with van der Waals surface area (Å²) in [6.45, 7) is 1.87. The molecular weight excluding hydrogens is 260 g/mol. The second kappa shape index (κ2) is 5.86. The van der Waals surface area contributed by atoms with E-state index in [0.717, 1.165) is 4.88 Å². The summed E-state index contributed by atoms with van der Waals surface area (Å²) < 4.78 is 5.90. The van der Waals surface area contributed by atoms with Gasteiger partial charge >= 0.3 is 0 Å². The van der Waals surface area contributed by atoms with Crippen LogP contribution in [0.3, 0.4) is 0 Å². The van der Waals surface area contributed by atoms with Crippen molar-refractivity contribution in [2.24, 2.45) is 11.5 Å². The van der Waals surface area contributed by atoms with Gasteiger partial charge in [-0.3, -0.25) is 4.79 Å². The molecular formula is C14H16N2O2S. The molecule has 0 saturated carbocycles. The molecule has 0 aliphatic heterocycles. The molecule has 2 rings (SSSR count). The lowest BCUT2D eigenvalue weighted by Gasteiger charge is -2.22. The molecule has 0 aliphatic carbocycles. The van der Waals surface area contributed by atoms with Gasteiger partial charge in [-0.2, -0.15) is 0 Å². The first kappa shape index (κ1) is 13.6. The Morgan fingerprint density at radius 3 is 2.58 bits per heavy atom. The van der Waals surface area contributed by atoms with Crippen LogP contribution in [0, 0.1) is 0 Å². The molecule has 0 saturated heterocycles. The lowest BCUT2D eigenvalue weighted by molar-refractivity contribution is 0.0991. The molecule has 2 atom stereocenters. The molecule has 0 radical (unpaired) electrons. The fraction of sp³-hybridized carbons (Fsp3) is 0.214. The van der Waals surface area contributed by atoms with Crippen LogP contribution >= 0.6 is 11.3 Å². The zero-order valence-electron chi connectivity index (χ0n) is 10.6. The minimum atomic E-state index is -0.509. The molecule has 100 valence electrons. The minimum absolute atomic E-state index is 0.195. The maximum absolute atomic E-state index is 11.4. The van der Waals surface area contributed by atoms with E-state index < -0.39 is 5.91 Å². The zero-order valence-corrected chi connectivity index (χ0v) is 11.4. The number of benzene rings is 1. The normalized spacial score (nSPS) is 13.8. The third-order valence-corrected chi connectivity index (χ3v) is 3.64. The number of para-hydroxylation sites is 1. The molecule has 2 aromatic rings. The monoisotopic (exact) mass is 276 g/mol. The highest BCUT2D eigenvalue weighted by molar-refractivity contribution is 7.10. The van der Waals surface area contributed by atoms with Gasteiger partial charge in [-0.15, -0.1) is 11.3 Å². The topological polar surface area (TPSA) is 78.3 Å². The fourth-order valence-corrected chi connectivity index (χ4v) is 2.66. The Morgan fingerprint density at radius 1 is 1.26 bits per heavy atom. The van der Waals surface area contributed by atoms with E-state index in [2.05, 4.69) is 0 Å². The van der Waals surface area contributed by atoms with Gasteiger partial charge in [-0.05, 0) is 30.5 Å². The van der Waals surface area contributed by atoms with Crippen molar-refractivity contribution in [3.05, 3.63) is 52.2 Å². The summed E-state index contributed by atoms with van der Waals surface area (Å²) >= 11 is 1.57. The Morgan fingerprint density at radius 2 is 2.00 bits per heavy atom. The van der Waals surface area contributed by atoms with Gasteiger partial charge in [-0.25, -0.2) is 0 Å². The van der Waals surface area contributed by atoms with E-state index in [9.17, 15) is 4.79 Å². The average molecular weight is 276 g/mol. The smallest absolute Gasteiger partial charge is 0.252 e. The maximum atomic E-state index is 11.4. The molecule has 5 heteroatoms. The molecule has 4 nitrogen and oxygen atoms in total. The Bertz CT molecular complexity index is 552. The molecule has 19 heavy (non-hydrogen) atoms. The Balaban J connectivity index is 2.30. The summed E-state index contributed by atoms with van der Waals surface area (Å²) in [5, 5.41) is 1.97. The highest BCUT2D eigenvalue weighted by Gasteiger charge is 2.21. The predicted molar refractivity (Wildman–Crippen MR) is 76.3 cm³/mol. The predicted octanol–water partition coefficient (Wildman–Crippen LogP) is 2.31. The first-order chi connectivity index (χ1) is 9.09. The molecule has 1 heterocycles. The highest BCUT2D eigenvalue weighted by Crippen LogP contribution is 2.29. The van der Waals surface area contributed by atoms with E-state index in [1.807, 2.05) is 24.4 Å². The molecule has 4 N–H and O–H groups in total. The van der Waals surface area contributed by atoms with Crippen molar-refractivity contribution < 1.29 is 9.53 Å². The molecule has 0 spiro atoms. The van der Waals surface area contributed by atoms with Crippen molar-refractivity contribution in [1.29, 1.82) is 0 Å². The van der Waals surface area contributed by atoms with Crippen molar-refractivity contribution >= 4 is 17.2 Å². The molecule has 0 aliphatic rings. The number of amides is 1. The zero-order chi connectivity index (χ0) is 13.8.